The van der Waals surface area contributed by atoms with E-state index in [9.17, 15) is 24.3 Å². The molecular weight excluding hydrogens is 897 g/mol. The van der Waals surface area contributed by atoms with Crippen LogP contribution in [0.2, 0.25) is 10.0 Å². The van der Waals surface area contributed by atoms with Crippen molar-refractivity contribution in [2.24, 2.45) is 11.8 Å². The number of anilines is 3. The normalized spacial score (nSPS) is 22.5. The molecule has 3 aromatic rings. The maximum atomic E-state index is 15.1. The molecule has 7 rings (SSSR count). The molecule has 5 N–H and O–H groups in total. The van der Waals surface area contributed by atoms with Crippen LogP contribution in [0.3, 0.4) is 0 Å². The topological polar surface area (TPSA) is 181 Å². The van der Waals surface area contributed by atoms with Gasteiger partial charge in [0.2, 0.25) is 17.8 Å². The van der Waals surface area contributed by atoms with Gasteiger partial charge in [-0.05, 0) is 106 Å². The second-order valence-corrected chi connectivity index (χ2v) is 20.7. The molecule has 4 amide bonds. The number of β-amino-alcohol motifs (C(OH)–C–C–N with tert-alkyl or cyclic N) is 1. The van der Waals surface area contributed by atoms with E-state index in [2.05, 4.69) is 36.1 Å². The van der Waals surface area contributed by atoms with E-state index in [1.165, 1.54) is 11.1 Å². The van der Waals surface area contributed by atoms with Crippen LogP contribution in [0.4, 0.5) is 21.8 Å². The number of methoxy groups -OCH3 is 1. The van der Waals surface area contributed by atoms with Crippen LogP contribution < -0.4 is 26.0 Å². The minimum Gasteiger partial charge on any atom is -0.495 e. The van der Waals surface area contributed by atoms with Crippen LogP contribution in [-0.4, -0.2) is 141 Å². The summed E-state index contributed by atoms with van der Waals surface area (Å²) in [6.45, 7) is 7.70. The molecule has 0 radical (unpaired) electrons. The molecule has 3 atom stereocenters. The molecule has 2 saturated carbocycles. The average Bonchev–Trinajstić information content (AvgIpc) is 3.95. The SMILES string of the molecule is CNc1nc(Nc2ccc(C(=O)N3CCN(CC4CCC(CSC(C)(C)[C@H](NC(=O)C5(F)CC5)C(=O)N5CC(O)CC5C(=O)NCc5ccc(Cl)cc5)CC4)CC3)cc2OC)ncc1Cl. The molecule has 2 aromatic carbocycles. The quantitative estimate of drug-likeness (QED) is 0.108. The summed E-state index contributed by atoms with van der Waals surface area (Å²) in [4.78, 5) is 68.9. The van der Waals surface area contributed by atoms with E-state index in [-0.39, 0.29) is 38.3 Å². The molecule has 2 unspecified atom stereocenters. The van der Waals surface area contributed by atoms with Crippen LogP contribution >= 0.6 is 35.0 Å². The van der Waals surface area contributed by atoms with Crippen molar-refractivity contribution in [1.82, 2.24) is 35.3 Å². The molecule has 352 valence electrons. The number of hydrogen-bond acceptors (Lipinski definition) is 12. The van der Waals surface area contributed by atoms with Gasteiger partial charge < -0.3 is 40.9 Å². The van der Waals surface area contributed by atoms with Crippen molar-refractivity contribution in [2.75, 3.05) is 69.8 Å². The maximum Gasteiger partial charge on any atom is 0.258 e. The Labute approximate surface area is 394 Å². The Kier molecular flexibility index (Phi) is 15.7. The minimum atomic E-state index is -1.99. The predicted octanol–water partition coefficient (Wildman–Crippen LogP) is 5.92. The third kappa shape index (κ3) is 12.1. The van der Waals surface area contributed by atoms with Crippen LogP contribution in [0.15, 0.2) is 48.7 Å². The zero-order valence-corrected chi connectivity index (χ0v) is 39.7. The summed E-state index contributed by atoms with van der Waals surface area (Å²) in [7, 11) is 3.27. The number of amides is 4. The monoisotopic (exact) mass is 955 g/mol. The number of piperazine rings is 1. The van der Waals surface area contributed by atoms with Crippen LogP contribution in [0.25, 0.3) is 0 Å². The fourth-order valence-corrected chi connectivity index (χ4v) is 10.5. The summed E-state index contributed by atoms with van der Waals surface area (Å²) in [6, 6.07) is 10.3. The van der Waals surface area contributed by atoms with E-state index in [0.29, 0.717) is 63.7 Å². The lowest BCUT2D eigenvalue weighted by Gasteiger charge is -2.40. The number of carbonyl (C=O) groups excluding carboxylic acids is 4. The van der Waals surface area contributed by atoms with Crippen molar-refractivity contribution >= 4 is 76.0 Å². The number of rotatable bonds is 17. The molecule has 1 aromatic heterocycles. The van der Waals surface area contributed by atoms with Crippen molar-refractivity contribution in [3.8, 4) is 5.75 Å². The third-order valence-corrected chi connectivity index (χ3v) is 15.2. The second-order valence-electron chi connectivity index (χ2n) is 18.2. The first-order valence-electron chi connectivity index (χ1n) is 22.4. The number of aliphatic hydroxyl groups excluding tert-OH is 1. The molecule has 2 aliphatic heterocycles. The molecule has 4 aliphatic rings. The Morgan fingerprint density at radius 2 is 1.71 bits per heavy atom. The number of hydrogen-bond donors (Lipinski definition) is 5. The highest BCUT2D eigenvalue weighted by atomic mass is 35.5. The summed E-state index contributed by atoms with van der Waals surface area (Å²) in [5.74, 6) is 1.21. The van der Waals surface area contributed by atoms with Crippen LogP contribution in [-0.2, 0) is 20.9 Å². The van der Waals surface area contributed by atoms with Crippen molar-refractivity contribution in [3.05, 3.63) is 69.8 Å². The highest BCUT2D eigenvalue weighted by molar-refractivity contribution is 8.00. The van der Waals surface area contributed by atoms with E-state index < -0.39 is 46.3 Å². The number of aliphatic hydroxyl groups is 1. The third-order valence-electron chi connectivity index (χ3n) is 13.1. The van der Waals surface area contributed by atoms with Gasteiger partial charge in [0.05, 0.1) is 25.1 Å². The number of nitrogens with zero attached hydrogens (tertiary/aromatic N) is 5. The second kappa shape index (κ2) is 21.0. The van der Waals surface area contributed by atoms with Crippen LogP contribution in [0, 0.1) is 11.8 Å². The standard InChI is InChI=1S/C46H60Cl2FN9O6S/c1-45(2,38(54-43(63)46(49)15-16-46)42(62)58-26-33(59)22-36(58)40(60)51-23-28-9-12-32(47)13-10-28)65-27-30-7-5-29(6-8-30)25-56-17-19-57(20-18-56)41(61)31-11-14-35(37(21-31)64-4)53-44-52-24-34(48)39(50-3)55-44/h9-14,21,24,29-30,33,36,38,59H,5-8,15-20,22-23,25-27H2,1-4H3,(H,51,60)(H,54,63)(H2,50,52,53,55)/t29?,30?,33?,36?,38-/m1/s1. The van der Waals surface area contributed by atoms with Crippen LogP contribution in [0.5, 0.6) is 5.75 Å². The van der Waals surface area contributed by atoms with Gasteiger partial charge in [0, 0.05) is 74.6 Å². The van der Waals surface area contributed by atoms with Crippen molar-refractivity contribution < 1.29 is 33.4 Å². The van der Waals surface area contributed by atoms with Crippen molar-refractivity contribution in [2.45, 2.75) is 93.9 Å². The molecule has 0 bridgehead atoms. The molecule has 0 spiro atoms. The molecule has 3 heterocycles. The summed E-state index contributed by atoms with van der Waals surface area (Å²) >= 11 is 13.7. The molecule has 4 fully saturated rings. The first kappa shape index (κ1) is 48.5. The highest BCUT2D eigenvalue weighted by Gasteiger charge is 2.54. The molecule has 65 heavy (non-hydrogen) atoms. The summed E-state index contributed by atoms with van der Waals surface area (Å²) in [5.41, 5.74) is -0.0179. The Hall–Kier alpha value is -4.42. The average molecular weight is 957 g/mol. The van der Waals surface area contributed by atoms with Crippen molar-refractivity contribution in [1.29, 1.82) is 0 Å². The lowest BCUT2D eigenvalue weighted by molar-refractivity contribution is -0.143. The van der Waals surface area contributed by atoms with E-state index >= 15 is 4.39 Å². The minimum absolute atomic E-state index is 0.0514. The van der Waals surface area contributed by atoms with Gasteiger partial charge in [-0.25, -0.2) is 9.37 Å². The predicted molar refractivity (Wildman–Crippen MR) is 252 cm³/mol. The molecule has 19 heteroatoms. The Bertz CT molecular complexity index is 2190. The number of nitrogens with one attached hydrogen (secondary N) is 4. The largest absolute Gasteiger partial charge is 0.495 e. The first-order valence-corrected chi connectivity index (χ1v) is 24.1. The number of benzene rings is 2. The number of thioether (sulfide) groups is 1. The number of aromatic nitrogens is 2. The van der Waals surface area contributed by atoms with E-state index in [0.717, 1.165) is 56.6 Å². The molecule has 15 nitrogen and oxygen atoms in total. The van der Waals surface area contributed by atoms with Gasteiger partial charge in [-0.2, -0.15) is 16.7 Å². The zero-order chi connectivity index (χ0) is 46.5. The number of ether oxygens (including phenoxy) is 1. The Morgan fingerprint density at radius 1 is 1.02 bits per heavy atom. The first-order chi connectivity index (χ1) is 31.0. The highest BCUT2D eigenvalue weighted by Crippen LogP contribution is 2.42. The molecule has 2 saturated heterocycles. The van der Waals surface area contributed by atoms with Gasteiger partial charge >= 0.3 is 0 Å². The lowest BCUT2D eigenvalue weighted by atomic mass is 9.82. The summed E-state index contributed by atoms with van der Waals surface area (Å²) in [6.07, 6.45) is 5.01. The van der Waals surface area contributed by atoms with Gasteiger partial charge in [0.25, 0.3) is 11.8 Å². The van der Waals surface area contributed by atoms with Crippen LogP contribution in [0.1, 0.15) is 74.7 Å². The summed E-state index contributed by atoms with van der Waals surface area (Å²) < 4.78 is 19.8. The van der Waals surface area contributed by atoms with Crippen molar-refractivity contribution in [3.63, 3.8) is 0 Å². The smallest absolute Gasteiger partial charge is 0.258 e. The number of likely N-dealkylation sites (tertiary alicyclic amines) is 1. The maximum absolute atomic E-state index is 15.1. The lowest BCUT2D eigenvalue weighted by Crippen LogP contribution is -2.61. The summed E-state index contributed by atoms with van der Waals surface area (Å²) in [5, 5.41) is 23.3. The Morgan fingerprint density at radius 3 is 2.37 bits per heavy atom. The van der Waals surface area contributed by atoms with Gasteiger partial charge in [0.15, 0.2) is 5.67 Å². The molecule has 2 aliphatic carbocycles. The molecular formula is C46H60Cl2FN9O6S. The fourth-order valence-electron chi connectivity index (χ4n) is 8.84. The van der Waals surface area contributed by atoms with E-state index in [4.69, 9.17) is 27.9 Å². The van der Waals surface area contributed by atoms with Gasteiger partial charge in [-0.3, -0.25) is 24.1 Å². The number of alkyl halides is 1. The van der Waals surface area contributed by atoms with Gasteiger partial charge in [0.1, 0.15) is 28.7 Å². The number of carbonyl (C=O) groups is 4. The zero-order valence-electron chi connectivity index (χ0n) is 37.4. The number of halogens is 3. The van der Waals surface area contributed by atoms with E-state index in [1.807, 2.05) is 18.7 Å². The fraction of sp³-hybridized carbons (Fsp3) is 0.565. The Balaban J connectivity index is 0.882. The van der Waals surface area contributed by atoms with Gasteiger partial charge in [-0.15, -0.1) is 0 Å². The van der Waals surface area contributed by atoms with E-state index in [1.54, 1.807) is 68.4 Å². The van der Waals surface area contributed by atoms with Gasteiger partial charge in [-0.1, -0.05) is 35.3 Å².